The maximum absolute atomic E-state index is 13.0. The predicted octanol–water partition coefficient (Wildman–Crippen LogP) is 3.28. The summed E-state index contributed by atoms with van der Waals surface area (Å²) in [6.07, 6.45) is 0. The molecule has 0 unspecified atom stereocenters. The van der Waals surface area contributed by atoms with E-state index in [-0.39, 0.29) is 11.6 Å². The number of benzene rings is 2. The molecule has 2 aromatic carbocycles. The number of aromatic nitrogens is 5. The Morgan fingerprint density at radius 3 is 2.22 bits per heavy atom. The summed E-state index contributed by atoms with van der Waals surface area (Å²) in [7, 11) is 0. The molecule has 2 aromatic heterocycles. The fraction of sp³-hybridized carbons (Fsp3) is 0.0588. The molecule has 7 nitrogen and oxygen atoms in total. The van der Waals surface area contributed by atoms with Gasteiger partial charge in [0.05, 0.1) is 5.75 Å². The van der Waals surface area contributed by atoms with Crippen molar-refractivity contribution in [3.05, 3.63) is 66.1 Å². The zero-order valence-corrected chi connectivity index (χ0v) is 14.5. The minimum absolute atomic E-state index is 0.326. The smallest absolute Gasteiger partial charge is 0.237 e. The summed E-state index contributed by atoms with van der Waals surface area (Å²) in [6, 6.07) is 11.6. The zero-order chi connectivity index (χ0) is 18.8. The van der Waals surface area contributed by atoms with Crippen molar-refractivity contribution >= 4 is 11.8 Å². The first-order valence-corrected chi connectivity index (χ1v) is 8.76. The van der Waals surface area contributed by atoms with Crippen LogP contribution in [0.15, 0.2) is 58.2 Å². The van der Waals surface area contributed by atoms with Crippen molar-refractivity contribution in [3.8, 4) is 22.8 Å². The van der Waals surface area contributed by atoms with Gasteiger partial charge in [0.25, 0.3) is 0 Å². The second kappa shape index (κ2) is 7.16. The van der Waals surface area contributed by atoms with E-state index in [0.717, 1.165) is 0 Å². The first-order chi connectivity index (χ1) is 13.1. The van der Waals surface area contributed by atoms with E-state index in [2.05, 4.69) is 20.3 Å². The van der Waals surface area contributed by atoms with Gasteiger partial charge in [0.2, 0.25) is 16.9 Å². The van der Waals surface area contributed by atoms with Gasteiger partial charge in [0.1, 0.15) is 11.6 Å². The molecule has 4 rings (SSSR count). The quantitative estimate of drug-likeness (QED) is 0.415. The molecule has 136 valence electrons. The minimum Gasteiger partial charge on any atom is -0.338 e. The van der Waals surface area contributed by atoms with Gasteiger partial charge in [0, 0.05) is 11.1 Å². The van der Waals surface area contributed by atoms with Crippen molar-refractivity contribution in [2.24, 2.45) is 0 Å². The number of nitrogens with two attached hydrogens (primary N) is 1. The third-order valence-electron chi connectivity index (χ3n) is 3.66. The molecule has 0 aliphatic heterocycles. The number of rotatable bonds is 5. The lowest BCUT2D eigenvalue weighted by atomic mass is 10.2. The Hall–Kier alpha value is -3.27. The van der Waals surface area contributed by atoms with Crippen molar-refractivity contribution in [3.63, 3.8) is 0 Å². The number of hydrogen-bond acceptors (Lipinski definition) is 7. The molecule has 0 aliphatic carbocycles. The van der Waals surface area contributed by atoms with Gasteiger partial charge in [-0.2, -0.15) is 4.98 Å². The average Bonchev–Trinajstić information content (AvgIpc) is 3.28. The summed E-state index contributed by atoms with van der Waals surface area (Å²) >= 11 is 1.26. The molecule has 0 fully saturated rings. The number of nitrogen functional groups attached to an aromatic ring is 1. The summed E-state index contributed by atoms with van der Waals surface area (Å²) in [5, 5.41) is 12.4. The zero-order valence-electron chi connectivity index (χ0n) is 13.7. The summed E-state index contributed by atoms with van der Waals surface area (Å²) in [6.45, 7) is 0. The van der Waals surface area contributed by atoms with E-state index >= 15 is 0 Å². The topological polar surface area (TPSA) is 95.7 Å². The van der Waals surface area contributed by atoms with Crippen molar-refractivity contribution < 1.29 is 13.3 Å². The molecule has 2 heterocycles. The third kappa shape index (κ3) is 3.65. The second-order valence-electron chi connectivity index (χ2n) is 5.49. The molecule has 0 radical (unpaired) electrons. The Labute approximate surface area is 156 Å². The van der Waals surface area contributed by atoms with E-state index in [0.29, 0.717) is 39.6 Å². The normalized spacial score (nSPS) is 11.0. The molecule has 2 N–H and O–H groups in total. The molecular formula is C17H12F2N6OS. The molecule has 0 saturated heterocycles. The largest absolute Gasteiger partial charge is 0.338 e. The van der Waals surface area contributed by atoms with Crippen molar-refractivity contribution in [2.45, 2.75) is 10.9 Å². The highest BCUT2D eigenvalue weighted by Crippen LogP contribution is 2.25. The van der Waals surface area contributed by atoms with Gasteiger partial charge < -0.3 is 10.4 Å². The Morgan fingerprint density at radius 1 is 0.926 bits per heavy atom. The molecule has 0 atom stereocenters. The molecule has 0 spiro atoms. The Morgan fingerprint density at radius 2 is 1.56 bits per heavy atom. The monoisotopic (exact) mass is 386 g/mol. The number of halogens is 2. The lowest BCUT2D eigenvalue weighted by molar-refractivity contribution is 0.391. The maximum Gasteiger partial charge on any atom is 0.237 e. The Balaban J connectivity index is 1.46. The van der Waals surface area contributed by atoms with Crippen molar-refractivity contribution in [1.29, 1.82) is 0 Å². The van der Waals surface area contributed by atoms with E-state index in [4.69, 9.17) is 10.4 Å². The fourth-order valence-electron chi connectivity index (χ4n) is 2.33. The summed E-state index contributed by atoms with van der Waals surface area (Å²) in [5.41, 5.74) is 1.30. The first kappa shape index (κ1) is 17.2. The van der Waals surface area contributed by atoms with Crippen LogP contribution in [0.4, 0.5) is 8.78 Å². The van der Waals surface area contributed by atoms with Crippen LogP contribution in [0.5, 0.6) is 0 Å². The predicted molar refractivity (Wildman–Crippen MR) is 94.8 cm³/mol. The highest BCUT2D eigenvalue weighted by atomic mass is 32.2. The van der Waals surface area contributed by atoms with Gasteiger partial charge in [-0.25, -0.2) is 13.5 Å². The minimum atomic E-state index is -0.343. The van der Waals surface area contributed by atoms with Gasteiger partial charge in [-0.1, -0.05) is 16.9 Å². The molecule has 0 bridgehead atoms. The van der Waals surface area contributed by atoms with Crippen LogP contribution in [0.25, 0.3) is 22.8 Å². The van der Waals surface area contributed by atoms with E-state index < -0.39 is 0 Å². The first-order valence-electron chi connectivity index (χ1n) is 7.78. The van der Waals surface area contributed by atoms with Gasteiger partial charge in [-0.3, -0.25) is 0 Å². The molecule has 0 amide bonds. The molecule has 4 aromatic rings. The highest BCUT2D eigenvalue weighted by molar-refractivity contribution is 7.98. The van der Waals surface area contributed by atoms with E-state index in [1.807, 2.05) is 0 Å². The van der Waals surface area contributed by atoms with Crippen LogP contribution >= 0.6 is 11.8 Å². The standard InChI is InChI=1S/C17H12F2N6OS/c18-12-5-1-10(2-6-12)15-21-14(26-24-15)9-27-17-23-22-16(25(17)20)11-3-7-13(19)8-4-11/h1-8H,9,20H2. The average molecular weight is 386 g/mol. The molecular weight excluding hydrogens is 374 g/mol. The van der Waals surface area contributed by atoms with Gasteiger partial charge in [-0.15, -0.1) is 10.2 Å². The van der Waals surface area contributed by atoms with Gasteiger partial charge in [-0.05, 0) is 48.5 Å². The van der Waals surface area contributed by atoms with Crippen LogP contribution in [0, 0.1) is 11.6 Å². The van der Waals surface area contributed by atoms with Crippen LogP contribution in [0.3, 0.4) is 0 Å². The van der Waals surface area contributed by atoms with Crippen molar-refractivity contribution in [2.75, 3.05) is 5.84 Å². The Bertz CT molecular complexity index is 1060. The number of nitrogens with zero attached hydrogens (tertiary/aromatic N) is 5. The van der Waals surface area contributed by atoms with Crippen LogP contribution < -0.4 is 5.84 Å². The summed E-state index contributed by atoms with van der Waals surface area (Å²) in [5.74, 6) is 6.82. The Kier molecular flexibility index (Phi) is 4.55. The molecule has 27 heavy (non-hydrogen) atoms. The van der Waals surface area contributed by atoms with Crippen LogP contribution in [-0.4, -0.2) is 25.0 Å². The van der Waals surface area contributed by atoms with Crippen LogP contribution in [0.1, 0.15) is 5.89 Å². The van der Waals surface area contributed by atoms with E-state index in [1.54, 1.807) is 24.3 Å². The van der Waals surface area contributed by atoms with Crippen LogP contribution in [0.2, 0.25) is 0 Å². The second-order valence-corrected chi connectivity index (χ2v) is 6.43. The fourth-order valence-corrected chi connectivity index (χ4v) is 3.02. The van der Waals surface area contributed by atoms with E-state index in [1.165, 1.54) is 40.7 Å². The third-order valence-corrected chi connectivity index (χ3v) is 4.59. The summed E-state index contributed by atoms with van der Waals surface area (Å²) in [4.78, 5) is 4.27. The van der Waals surface area contributed by atoms with Gasteiger partial charge in [0.15, 0.2) is 5.82 Å². The molecule has 0 saturated carbocycles. The van der Waals surface area contributed by atoms with Gasteiger partial charge >= 0.3 is 0 Å². The number of hydrogen-bond donors (Lipinski definition) is 1. The lowest BCUT2D eigenvalue weighted by Crippen LogP contribution is -2.11. The maximum atomic E-state index is 13.0. The van der Waals surface area contributed by atoms with Crippen molar-refractivity contribution in [1.82, 2.24) is 25.0 Å². The van der Waals surface area contributed by atoms with E-state index in [9.17, 15) is 8.78 Å². The SMILES string of the molecule is Nn1c(SCc2nc(-c3ccc(F)cc3)no2)nnc1-c1ccc(F)cc1. The molecule has 10 heteroatoms. The molecule has 0 aliphatic rings. The highest BCUT2D eigenvalue weighted by Gasteiger charge is 2.15. The number of thioether (sulfide) groups is 1. The summed E-state index contributed by atoms with van der Waals surface area (Å²) < 4.78 is 32.5. The lowest BCUT2D eigenvalue weighted by Gasteiger charge is -2.02. The van der Waals surface area contributed by atoms with Crippen LogP contribution in [-0.2, 0) is 5.75 Å².